The third-order valence-electron chi connectivity index (χ3n) is 4.14. The van der Waals surface area contributed by atoms with E-state index in [4.69, 9.17) is 4.74 Å². The molecule has 1 aromatic heterocycles. The number of nitrogens with one attached hydrogen (secondary N) is 2. The van der Waals surface area contributed by atoms with E-state index in [1.807, 2.05) is 19.1 Å². The van der Waals surface area contributed by atoms with Crippen molar-refractivity contribution in [3.63, 3.8) is 0 Å². The van der Waals surface area contributed by atoms with Crippen molar-refractivity contribution in [2.45, 2.75) is 32.3 Å². The van der Waals surface area contributed by atoms with Gasteiger partial charge in [0.05, 0.1) is 11.6 Å². The highest BCUT2D eigenvalue weighted by molar-refractivity contribution is 5.97. The second-order valence-electron chi connectivity index (χ2n) is 5.57. The summed E-state index contributed by atoms with van der Waals surface area (Å²) < 4.78 is 5.47. The molecule has 1 aliphatic rings. The predicted molar refractivity (Wildman–Crippen MR) is 85.3 cm³/mol. The molecule has 1 amide bonds. The van der Waals surface area contributed by atoms with Gasteiger partial charge in [-0.25, -0.2) is 0 Å². The SMILES string of the molecule is CCc1cccc2c(=O)c(C(=O)NC[C@H]3CCCO3)c[nH]c12. The second kappa shape index (κ2) is 6.32. The van der Waals surface area contributed by atoms with Crippen LogP contribution in [0.4, 0.5) is 0 Å². The molecule has 5 heteroatoms. The van der Waals surface area contributed by atoms with E-state index >= 15 is 0 Å². The molecule has 0 unspecified atom stereocenters. The number of carbonyl (C=O) groups is 1. The van der Waals surface area contributed by atoms with Crippen molar-refractivity contribution < 1.29 is 9.53 Å². The zero-order valence-corrected chi connectivity index (χ0v) is 12.6. The Morgan fingerprint density at radius 2 is 2.32 bits per heavy atom. The van der Waals surface area contributed by atoms with E-state index in [0.29, 0.717) is 11.9 Å². The fraction of sp³-hybridized carbons (Fsp3) is 0.412. The van der Waals surface area contributed by atoms with E-state index in [1.165, 1.54) is 6.20 Å². The van der Waals surface area contributed by atoms with Crippen molar-refractivity contribution in [3.8, 4) is 0 Å². The number of hydrogen-bond acceptors (Lipinski definition) is 3. The Morgan fingerprint density at radius 1 is 1.45 bits per heavy atom. The number of amides is 1. The molecule has 22 heavy (non-hydrogen) atoms. The molecule has 0 bridgehead atoms. The molecular formula is C17H20N2O3. The highest BCUT2D eigenvalue weighted by Crippen LogP contribution is 2.15. The van der Waals surface area contributed by atoms with Gasteiger partial charge in [0, 0.05) is 24.7 Å². The van der Waals surface area contributed by atoms with E-state index in [-0.39, 0.29) is 23.0 Å². The van der Waals surface area contributed by atoms with E-state index in [1.54, 1.807) is 6.07 Å². The molecule has 0 aliphatic carbocycles. The topological polar surface area (TPSA) is 71.2 Å². The maximum Gasteiger partial charge on any atom is 0.256 e. The molecule has 5 nitrogen and oxygen atoms in total. The van der Waals surface area contributed by atoms with E-state index < -0.39 is 0 Å². The number of H-pyrrole nitrogens is 1. The van der Waals surface area contributed by atoms with Crippen LogP contribution in [-0.4, -0.2) is 30.1 Å². The third kappa shape index (κ3) is 2.76. The van der Waals surface area contributed by atoms with Crippen molar-refractivity contribution in [3.05, 3.63) is 45.7 Å². The summed E-state index contributed by atoms with van der Waals surface area (Å²) >= 11 is 0. The highest BCUT2D eigenvalue weighted by atomic mass is 16.5. The summed E-state index contributed by atoms with van der Waals surface area (Å²) in [6.45, 7) is 3.23. The minimum atomic E-state index is -0.347. The molecule has 1 fully saturated rings. The Bertz CT molecular complexity index is 745. The van der Waals surface area contributed by atoms with Gasteiger partial charge >= 0.3 is 0 Å². The van der Waals surface area contributed by atoms with Crippen molar-refractivity contribution in [1.29, 1.82) is 0 Å². The normalized spacial score (nSPS) is 17.8. The number of ether oxygens (including phenoxy) is 1. The number of benzene rings is 1. The molecule has 0 spiro atoms. The van der Waals surface area contributed by atoms with Crippen LogP contribution in [0.15, 0.2) is 29.2 Å². The van der Waals surface area contributed by atoms with Crippen molar-refractivity contribution in [2.75, 3.05) is 13.2 Å². The van der Waals surface area contributed by atoms with Gasteiger partial charge in [0.25, 0.3) is 5.91 Å². The monoisotopic (exact) mass is 300 g/mol. The van der Waals surface area contributed by atoms with Gasteiger partial charge in [-0.05, 0) is 30.9 Å². The van der Waals surface area contributed by atoms with Gasteiger partial charge in [-0.1, -0.05) is 19.1 Å². The first-order valence-corrected chi connectivity index (χ1v) is 7.73. The minimum Gasteiger partial charge on any atom is -0.376 e. The summed E-state index contributed by atoms with van der Waals surface area (Å²) in [5.41, 5.74) is 1.80. The van der Waals surface area contributed by atoms with Crippen LogP contribution in [0.2, 0.25) is 0 Å². The summed E-state index contributed by atoms with van der Waals surface area (Å²) in [5.74, 6) is -0.347. The van der Waals surface area contributed by atoms with Gasteiger partial charge in [-0.2, -0.15) is 0 Å². The Balaban J connectivity index is 1.86. The highest BCUT2D eigenvalue weighted by Gasteiger charge is 2.18. The van der Waals surface area contributed by atoms with Crippen molar-refractivity contribution in [2.24, 2.45) is 0 Å². The second-order valence-corrected chi connectivity index (χ2v) is 5.57. The van der Waals surface area contributed by atoms with Crippen LogP contribution in [0, 0.1) is 0 Å². The fourth-order valence-electron chi connectivity index (χ4n) is 2.89. The lowest BCUT2D eigenvalue weighted by Crippen LogP contribution is -2.34. The summed E-state index contributed by atoms with van der Waals surface area (Å²) in [7, 11) is 0. The molecule has 3 rings (SSSR count). The molecule has 1 aliphatic heterocycles. The molecule has 1 aromatic carbocycles. The zero-order valence-electron chi connectivity index (χ0n) is 12.6. The predicted octanol–water partition coefficient (Wildman–Crippen LogP) is 2.00. The third-order valence-corrected chi connectivity index (χ3v) is 4.14. The largest absolute Gasteiger partial charge is 0.376 e. The maximum atomic E-state index is 12.5. The lowest BCUT2D eigenvalue weighted by Gasteiger charge is -2.11. The van der Waals surface area contributed by atoms with Gasteiger partial charge in [0.1, 0.15) is 5.56 Å². The number of aromatic amines is 1. The molecule has 1 saturated heterocycles. The molecule has 2 aromatic rings. The van der Waals surface area contributed by atoms with Crippen LogP contribution in [0.3, 0.4) is 0 Å². The number of aromatic nitrogens is 1. The summed E-state index contributed by atoms with van der Waals surface area (Å²) in [5, 5.41) is 3.35. The number of rotatable bonds is 4. The van der Waals surface area contributed by atoms with E-state index in [2.05, 4.69) is 10.3 Å². The van der Waals surface area contributed by atoms with Crippen molar-refractivity contribution >= 4 is 16.8 Å². The Labute approximate surface area is 128 Å². The maximum absolute atomic E-state index is 12.5. The molecule has 116 valence electrons. The van der Waals surface area contributed by atoms with Gasteiger partial charge in [0.15, 0.2) is 0 Å². The van der Waals surface area contributed by atoms with Gasteiger partial charge in [0.2, 0.25) is 5.43 Å². The van der Waals surface area contributed by atoms with Gasteiger partial charge in [-0.15, -0.1) is 0 Å². The lowest BCUT2D eigenvalue weighted by atomic mass is 10.1. The Hall–Kier alpha value is -2.14. The summed E-state index contributed by atoms with van der Waals surface area (Å²) in [4.78, 5) is 27.9. The number of pyridine rings is 1. The first kappa shape index (κ1) is 14.8. The molecule has 0 saturated carbocycles. The first-order valence-electron chi connectivity index (χ1n) is 7.73. The van der Waals surface area contributed by atoms with Crippen LogP contribution in [0.1, 0.15) is 35.7 Å². The molecule has 1 atom stereocenters. The fourth-order valence-corrected chi connectivity index (χ4v) is 2.89. The average Bonchev–Trinajstić information content (AvgIpc) is 3.06. The smallest absolute Gasteiger partial charge is 0.256 e. The number of aryl methyl sites for hydroxylation is 1. The molecular weight excluding hydrogens is 280 g/mol. The molecule has 2 heterocycles. The average molecular weight is 300 g/mol. The molecule has 0 radical (unpaired) electrons. The minimum absolute atomic E-state index is 0.0650. The van der Waals surface area contributed by atoms with Crippen LogP contribution in [0.5, 0.6) is 0 Å². The van der Waals surface area contributed by atoms with Crippen LogP contribution in [-0.2, 0) is 11.2 Å². The van der Waals surface area contributed by atoms with E-state index in [9.17, 15) is 9.59 Å². The number of fused-ring (bicyclic) bond motifs is 1. The standard InChI is InChI=1S/C17H20N2O3/c1-2-11-5-3-7-13-15(11)18-10-14(16(13)20)17(21)19-9-12-6-4-8-22-12/h3,5,7,10,12H,2,4,6,8-9H2,1H3,(H,18,20)(H,19,21)/t12-/m1/s1. The first-order chi connectivity index (χ1) is 10.7. The number of hydrogen-bond donors (Lipinski definition) is 2. The Kier molecular flexibility index (Phi) is 4.24. The summed E-state index contributed by atoms with van der Waals surface area (Å²) in [6, 6.07) is 5.59. The van der Waals surface area contributed by atoms with Crippen LogP contribution in [0.25, 0.3) is 10.9 Å². The van der Waals surface area contributed by atoms with Gasteiger partial charge in [-0.3, -0.25) is 9.59 Å². The molecule has 2 N–H and O–H groups in total. The lowest BCUT2D eigenvalue weighted by molar-refractivity contribution is 0.0857. The van der Waals surface area contributed by atoms with Crippen LogP contribution < -0.4 is 10.7 Å². The number of para-hydroxylation sites is 1. The van der Waals surface area contributed by atoms with Crippen molar-refractivity contribution in [1.82, 2.24) is 10.3 Å². The quantitative estimate of drug-likeness (QED) is 0.907. The zero-order chi connectivity index (χ0) is 15.5. The number of carbonyl (C=O) groups excluding carboxylic acids is 1. The van der Waals surface area contributed by atoms with Gasteiger partial charge < -0.3 is 15.0 Å². The van der Waals surface area contributed by atoms with Crippen LogP contribution >= 0.6 is 0 Å². The Morgan fingerprint density at radius 3 is 3.05 bits per heavy atom. The summed E-state index contributed by atoms with van der Waals surface area (Å²) in [6.07, 6.45) is 4.38. The van der Waals surface area contributed by atoms with E-state index in [0.717, 1.165) is 36.9 Å².